The number of carbonyl (C=O) groups excluding carboxylic acids is 1. The first-order valence-corrected chi connectivity index (χ1v) is 8.93. The van der Waals surface area contributed by atoms with Gasteiger partial charge in [0.05, 0.1) is 18.2 Å². The number of hydrogen-bond donors (Lipinski definition) is 1. The van der Waals surface area contributed by atoms with Crippen LogP contribution in [0.5, 0.6) is 0 Å². The average molecular weight is 341 g/mol. The third-order valence-corrected chi connectivity index (χ3v) is 5.30. The fraction of sp³-hybridized carbons (Fsp3) is 0.500. The van der Waals surface area contributed by atoms with E-state index in [1.807, 2.05) is 24.8 Å². The van der Waals surface area contributed by atoms with E-state index in [1.165, 1.54) is 5.56 Å². The molecule has 2 aromatic rings. The molecule has 1 amide bonds. The standard InChI is InChI=1S/C20H27N3O2/c1-14-18(15(2)22-21-14)12-20(24)23-10-9-17(19(13-23)25-3)11-16-7-5-4-6-8-16/h4-8,17,19H,9-13H2,1-3H3,(H,21,22)/t17-,19-/m1/s1. The van der Waals surface area contributed by atoms with Crippen molar-refractivity contribution in [2.24, 2.45) is 5.92 Å². The van der Waals surface area contributed by atoms with Crippen LogP contribution in [0.4, 0.5) is 0 Å². The lowest BCUT2D eigenvalue weighted by molar-refractivity contribution is -0.135. The summed E-state index contributed by atoms with van der Waals surface area (Å²) in [6.07, 6.45) is 2.47. The summed E-state index contributed by atoms with van der Waals surface area (Å²) >= 11 is 0. The number of carbonyl (C=O) groups is 1. The molecule has 1 aromatic heterocycles. The van der Waals surface area contributed by atoms with Crippen molar-refractivity contribution >= 4 is 5.91 Å². The molecule has 1 saturated heterocycles. The Bertz CT molecular complexity index is 691. The number of methoxy groups -OCH3 is 1. The highest BCUT2D eigenvalue weighted by molar-refractivity contribution is 5.79. The molecule has 0 bridgehead atoms. The van der Waals surface area contributed by atoms with E-state index in [0.29, 0.717) is 18.9 Å². The Morgan fingerprint density at radius 3 is 2.72 bits per heavy atom. The molecule has 0 saturated carbocycles. The van der Waals surface area contributed by atoms with E-state index in [0.717, 1.165) is 36.3 Å². The van der Waals surface area contributed by atoms with Crippen molar-refractivity contribution < 1.29 is 9.53 Å². The molecule has 25 heavy (non-hydrogen) atoms. The lowest BCUT2D eigenvalue weighted by Gasteiger charge is -2.38. The number of H-pyrrole nitrogens is 1. The molecule has 1 N–H and O–H groups in total. The second-order valence-electron chi connectivity index (χ2n) is 6.94. The van der Waals surface area contributed by atoms with Gasteiger partial charge >= 0.3 is 0 Å². The van der Waals surface area contributed by atoms with Gasteiger partial charge in [-0.1, -0.05) is 30.3 Å². The number of benzene rings is 1. The Kier molecular flexibility index (Phi) is 5.53. The molecule has 0 aliphatic carbocycles. The van der Waals surface area contributed by atoms with Gasteiger partial charge in [-0.05, 0) is 38.2 Å². The van der Waals surface area contributed by atoms with Gasteiger partial charge in [-0.2, -0.15) is 5.10 Å². The smallest absolute Gasteiger partial charge is 0.227 e. The number of amides is 1. The Balaban J connectivity index is 1.62. The summed E-state index contributed by atoms with van der Waals surface area (Å²) in [6.45, 7) is 5.37. The lowest BCUT2D eigenvalue weighted by Crippen LogP contribution is -2.48. The summed E-state index contributed by atoms with van der Waals surface area (Å²) in [5.74, 6) is 0.613. The van der Waals surface area contributed by atoms with E-state index in [1.54, 1.807) is 7.11 Å². The molecule has 1 aliphatic rings. The molecule has 1 fully saturated rings. The predicted molar refractivity (Wildman–Crippen MR) is 97.4 cm³/mol. The van der Waals surface area contributed by atoms with Crippen LogP contribution in [-0.4, -0.2) is 47.3 Å². The molecule has 5 heteroatoms. The van der Waals surface area contributed by atoms with Gasteiger partial charge in [0.15, 0.2) is 0 Å². The summed E-state index contributed by atoms with van der Waals surface area (Å²) in [6, 6.07) is 10.5. The number of hydrogen-bond acceptors (Lipinski definition) is 3. The zero-order valence-corrected chi connectivity index (χ0v) is 15.3. The van der Waals surface area contributed by atoms with Gasteiger partial charge in [-0.3, -0.25) is 9.89 Å². The van der Waals surface area contributed by atoms with Crippen molar-refractivity contribution in [2.75, 3.05) is 20.2 Å². The van der Waals surface area contributed by atoms with Crippen molar-refractivity contribution in [2.45, 2.75) is 39.2 Å². The molecule has 0 spiro atoms. The molecule has 1 aliphatic heterocycles. The second-order valence-corrected chi connectivity index (χ2v) is 6.94. The molecule has 134 valence electrons. The highest BCUT2D eigenvalue weighted by Gasteiger charge is 2.31. The minimum atomic E-state index is 0.0875. The van der Waals surface area contributed by atoms with Gasteiger partial charge in [-0.25, -0.2) is 0 Å². The van der Waals surface area contributed by atoms with Crippen LogP contribution in [0.1, 0.15) is 28.9 Å². The highest BCUT2D eigenvalue weighted by atomic mass is 16.5. The monoisotopic (exact) mass is 341 g/mol. The first kappa shape index (κ1) is 17.7. The van der Waals surface area contributed by atoms with E-state index < -0.39 is 0 Å². The number of aromatic nitrogens is 2. The summed E-state index contributed by atoms with van der Waals surface area (Å²) < 4.78 is 5.73. The molecule has 2 heterocycles. The summed E-state index contributed by atoms with van der Waals surface area (Å²) in [5, 5.41) is 7.14. The number of aromatic amines is 1. The normalized spacial score (nSPS) is 20.7. The van der Waals surface area contributed by atoms with Crippen LogP contribution in [0.15, 0.2) is 30.3 Å². The van der Waals surface area contributed by atoms with Crippen molar-refractivity contribution in [1.29, 1.82) is 0 Å². The third kappa shape index (κ3) is 4.10. The predicted octanol–water partition coefficient (Wildman–Crippen LogP) is 2.68. The maximum absolute atomic E-state index is 12.7. The van der Waals surface area contributed by atoms with Crippen LogP contribution in [0.2, 0.25) is 0 Å². The molecule has 3 rings (SSSR count). The van der Waals surface area contributed by atoms with Crippen LogP contribution in [0, 0.1) is 19.8 Å². The lowest BCUT2D eigenvalue weighted by atomic mass is 9.87. The van der Waals surface area contributed by atoms with Crippen molar-refractivity contribution in [3.63, 3.8) is 0 Å². The number of nitrogens with zero attached hydrogens (tertiary/aromatic N) is 2. The van der Waals surface area contributed by atoms with Crippen LogP contribution >= 0.6 is 0 Å². The molecule has 0 unspecified atom stereocenters. The minimum Gasteiger partial charge on any atom is -0.379 e. The van der Waals surface area contributed by atoms with Gasteiger partial charge in [0.25, 0.3) is 0 Å². The molecule has 5 nitrogen and oxygen atoms in total. The van der Waals surface area contributed by atoms with E-state index in [9.17, 15) is 4.79 Å². The third-order valence-electron chi connectivity index (χ3n) is 5.30. The number of likely N-dealkylation sites (tertiary alicyclic amines) is 1. The maximum atomic E-state index is 12.7. The van der Waals surface area contributed by atoms with Crippen LogP contribution < -0.4 is 0 Å². The summed E-state index contributed by atoms with van der Waals surface area (Å²) in [5.41, 5.74) is 4.24. The molecular weight excluding hydrogens is 314 g/mol. The fourth-order valence-corrected chi connectivity index (χ4v) is 3.71. The second kappa shape index (κ2) is 7.83. The Morgan fingerprint density at radius 1 is 1.32 bits per heavy atom. The van der Waals surface area contributed by atoms with Gasteiger partial charge < -0.3 is 9.64 Å². The molecule has 2 atom stereocenters. The van der Waals surface area contributed by atoms with Crippen molar-refractivity contribution in [3.05, 3.63) is 52.8 Å². The van der Waals surface area contributed by atoms with Gasteiger partial charge in [0.2, 0.25) is 5.91 Å². The van der Waals surface area contributed by atoms with Gasteiger partial charge in [-0.15, -0.1) is 0 Å². The Labute approximate surface area is 149 Å². The molecular formula is C20H27N3O2. The zero-order valence-electron chi connectivity index (χ0n) is 15.3. The zero-order chi connectivity index (χ0) is 17.8. The van der Waals surface area contributed by atoms with Crippen molar-refractivity contribution in [3.8, 4) is 0 Å². The Morgan fingerprint density at radius 2 is 2.08 bits per heavy atom. The largest absolute Gasteiger partial charge is 0.379 e. The van der Waals surface area contributed by atoms with E-state index in [4.69, 9.17) is 4.74 Å². The number of piperidine rings is 1. The fourth-order valence-electron chi connectivity index (χ4n) is 3.71. The number of rotatable bonds is 5. The van der Waals surface area contributed by atoms with Gasteiger partial charge in [0.1, 0.15) is 0 Å². The summed E-state index contributed by atoms with van der Waals surface area (Å²) in [4.78, 5) is 14.7. The Hall–Kier alpha value is -2.14. The van der Waals surface area contributed by atoms with E-state index in [2.05, 4.69) is 34.5 Å². The van der Waals surface area contributed by atoms with Crippen LogP contribution in [0.25, 0.3) is 0 Å². The number of nitrogens with one attached hydrogen (secondary N) is 1. The maximum Gasteiger partial charge on any atom is 0.227 e. The van der Waals surface area contributed by atoms with Crippen LogP contribution in [-0.2, 0) is 22.4 Å². The molecule has 1 aromatic carbocycles. The topological polar surface area (TPSA) is 58.2 Å². The first-order valence-electron chi connectivity index (χ1n) is 8.93. The van der Waals surface area contributed by atoms with E-state index in [-0.39, 0.29) is 12.0 Å². The number of ether oxygens (including phenoxy) is 1. The van der Waals surface area contributed by atoms with Crippen LogP contribution in [0.3, 0.4) is 0 Å². The first-order chi connectivity index (χ1) is 12.1. The van der Waals surface area contributed by atoms with Crippen molar-refractivity contribution in [1.82, 2.24) is 15.1 Å². The average Bonchev–Trinajstić information content (AvgIpc) is 2.95. The number of aryl methyl sites for hydroxylation is 2. The van der Waals surface area contributed by atoms with Gasteiger partial charge in [0, 0.05) is 31.5 Å². The minimum absolute atomic E-state index is 0.0875. The van der Waals surface area contributed by atoms with E-state index >= 15 is 0 Å². The molecule has 0 radical (unpaired) electrons. The SMILES string of the molecule is CO[C@@H]1CN(C(=O)Cc2c(C)n[nH]c2C)CC[C@@H]1Cc1ccccc1. The summed E-state index contributed by atoms with van der Waals surface area (Å²) in [7, 11) is 1.75. The highest BCUT2D eigenvalue weighted by Crippen LogP contribution is 2.25. The quantitative estimate of drug-likeness (QED) is 0.910.